The Hall–Kier alpha value is -1.55. The van der Waals surface area contributed by atoms with E-state index in [1.165, 1.54) is 13.8 Å². The first-order valence-electron chi connectivity index (χ1n) is 8.60. The van der Waals surface area contributed by atoms with Crippen molar-refractivity contribution in [3.8, 4) is 0 Å². The van der Waals surface area contributed by atoms with Crippen molar-refractivity contribution in [3.63, 3.8) is 0 Å². The number of carbonyl (C=O) groups is 2. The van der Waals surface area contributed by atoms with Gasteiger partial charge < -0.3 is 24.1 Å². The van der Waals surface area contributed by atoms with Crippen LogP contribution in [0.1, 0.15) is 54.4 Å². The molecule has 0 aromatic heterocycles. The summed E-state index contributed by atoms with van der Waals surface area (Å²) in [6.45, 7) is 9.27. The Kier molecular flexibility index (Phi) is 10.1. The molecule has 0 aromatic rings. The lowest BCUT2D eigenvalue weighted by molar-refractivity contribution is -0.206. The lowest BCUT2D eigenvalue weighted by atomic mass is 10.0. The number of ether oxygens (including phenoxy) is 4. The van der Waals surface area contributed by atoms with Crippen LogP contribution < -0.4 is 0 Å². The van der Waals surface area contributed by atoms with E-state index in [4.69, 9.17) is 19.3 Å². The van der Waals surface area contributed by atoms with E-state index in [0.717, 1.165) is 0 Å². The van der Waals surface area contributed by atoms with Crippen molar-refractivity contribution in [3.05, 3.63) is 0 Å². The Morgan fingerprint density at radius 2 is 1.41 bits per heavy atom. The molecule has 0 saturated carbocycles. The molecule has 0 aliphatic carbocycles. The van der Waals surface area contributed by atoms with Crippen LogP contribution in [0, 0.1) is 0 Å². The molecule has 0 aliphatic heterocycles. The number of aliphatic hydroxyl groups is 1. The Morgan fingerprint density at radius 3 is 1.89 bits per heavy atom. The first-order chi connectivity index (χ1) is 12.2. The zero-order valence-electron chi connectivity index (χ0n) is 16.5. The molecule has 27 heavy (non-hydrogen) atoms. The molecular weight excluding hydrogens is 373 g/mol. The molecule has 10 heteroatoms. The van der Waals surface area contributed by atoms with Crippen molar-refractivity contribution in [1.29, 1.82) is 0 Å². The van der Waals surface area contributed by atoms with Crippen LogP contribution in [0.4, 0.5) is 18.0 Å². The fraction of sp³-hybridized carbons (Fsp3) is 0.882. The van der Waals surface area contributed by atoms with Crippen LogP contribution in [0.3, 0.4) is 0 Å². The molecule has 0 radical (unpaired) electrons. The zero-order chi connectivity index (χ0) is 21.4. The van der Waals surface area contributed by atoms with E-state index in [2.05, 4.69) is 4.74 Å². The number of aliphatic hydroxyl groups excluding tert-OH is 1. The van der Waals surface area contributed by atoms with E-state index < -0.39 is 48.3 Å². The van der Waals surface area contributed by atoms with Gasteiger partial charge in [0.25, 0.3) is 0 Å². The summed E-state index contributed by atoms with van der Waals surface area (Å²) in [5.74, 6) is -2.24. The van der Waals surface area contributed by atoms with E-state index in [1.807, 2.05) is 0 Å². The van der Waals surface area contributed by atoms with E-state index in [-0.39, 0.29) is 19.4 Å². The number of hydrogen-bond donors (Lipinski definition) is 1. The highest BCUT2D eigenvalue weighted by Gasteiger charge is 2.42. The molecule has 0 fully saturated rings. The third-order valence-corrected chi connectivity index (χ3v) is 3.35. The van der Waals surface area contributed by atoms with Gasteiger partial charge in [-0.3, -0.25) is 0 Å². The second-order valence-electron chi connectivity index (χ2n) is 7.13. The van der Waals surface area contributed by atoms with Gasteiger partial charge in [-0.05, 0) is 41.5 Å². The number of rotatable bonds is 10. The van der Waals surface area contributed by atoms with E-state index in [0.29, 0.717) is 0 Å². The Labute approximate surface area is 157 Å². The maximum Gasteiger partial charge on any atom is 0.508 e. The molecule has 1 N–H and O–H groups in total. The topological polar surface area (TPSA) is 91.3 Å². The van der Waals surface area contributed by atoms with Gasteiger partial charge in [-0.2, -0.15) is 13.2 Å². The van der Waals surface area contributed by atoms with Crippen LogP contribution in [0.25, 0.3) is 0 Å². The Morgan fingerprint density at radius 1 is 0.889 bits per heavy atom. The van der Waals surface area contributed by atoms with Gasteiger partial charge in [0.1, 0.15) is 18.3 Å². The number of hydrogen-bond acceptors (Lipinski definition) is 7. The predicted octanol–water partition coefficient (Wildman–Crippen LogP) is 3.37. The molecule has 0 bridgehead atoms. The molecule has 160 valence electrons. The molecule has 0 spiro atoms. The summed E-state index contributed by atoms with van der Waals surface area (Å²) in [5, 5.41) is 8.83. The second-order valence-corrected chi connectivity index (χ2v) is 7.13. The molecule has 0 saturated heterocycles. The molecular formula is C17H29F3O7. The van der Waals surface area contributed by atoms with Crippen molar-refractivity contribution >= 4 is 12.1 Å². The third-order valence-electron chi connectivity index (χ3n) is 3.35. The Bertz CT molecular complexity index is 480. The van der Waals surface area contributed by atoms with Gasteiger partial charge in [0.05, 0.1) is 18.3 Å². The summed E-state index contributed by atoms with van der Waals surface area (Å²) >= 11 is 0. The minimum absolute atomic E-state index is 0.0660. The average molecular weight is 402 g/mol. The minimum atomic E-state index is -5.04. The minimum Gasteiger partial charge on any atom is -0.456 e. The van der Waals surface area contributed by atoms with Crippen molar-refractivity contribution in [1.82, 2.24) is 0 Å². The zero-order valence-corrected chi connectivity index (χ0v) is 16.5. The first kappa shape index (κ1) is 25.4. The Balaban J connectivity index is 4.43. The number of halogens is 3. The van der Waals surface area contributed by atoms with Gasteiger partial charge >= 0.3 is 18.3 Å². The van der Waals surface area contributed by atoms with Crippen molar-refractivity contribution in [2.24, 2.45) is 0 Å². The second kappa shape index (κ2) is 10.7. The van der Waals surface area contributed by atoms with Gasteiger partial charge in [-0.25, -0.2) is 9.59 Å². The lowest BCUT2D eigenvalue weighted by Gasteiger charge is -2.32. The third kappa shape index (κ3) is 11.7. The molecule has 0 aromatic carbocycles. The SMILES string of the molecule is CC(CO)OC(=O)OC(C)CC(C)(C)OC(C)CC(C)OC(=O)C(F)(F)F. The van der Waals surface area contributed by atoms with Crippen LogP contribution in [-0.2, 0) is 23.7 Å². The molecule has 7 nitrogen and oxygen atoms in total. The standard InChI is InChI=1S/C17H29F3O7/c1-10(24-14(22)17(18,19)20)7-11(2)27-16(5,6)8-12(3)25-15(23)26-13(4)9-21/h10-13,21H,7-9H2,1-6H3. The van der Waals surface area contributed by atoms with Gasteiger partial charge in [0.2, 0.25) is 0 Å². The molecule has 0 aliphatic rings. The summed E-state index contributed by atoms with van der Waals surface area (Å²) in [7, 11) is 0. The molecule has 4 unspecified atom stereocenters. The molecule has 4 atom stereocenters. The smallest absolute Gasteiger partial charge is 0.456 e. The fourth-order valence-electron chi connectivity index (χ4n) is 2.53. The number of esters is 1. The van der Waals surface area contributed by atoms with Gasteiger partial charge in [-0.15, -0.1) is 0 Å². The van der Waals surface area contributed by atoms with E-state index >= 15 is 0 Å². The maximum absolute atomic E-state index is 12.2. The molecule has 0 rings (SSSR count). The first-order valence-corrected chi connectivity index (χ1v) is 8.60. The number of alkyl halides is 3. The fourth-order valence-corrected chi connectivity index (χ4v) is 2.53. The summed E-state index contributed by atoms with van der Waals surface area (Å²) < 4.78 is 56.6. The van der Waals surface area contributed by atoms with Crippen LogP contribution >= 0.6 is 0 Å². The summed E-state index contributed by atoms with van der Waals surface area (Å²) in [4.78, 5) is 22.3. The van der Waals surface area contributed by atoms with E-state index in [1.54, 1.807) is 27.7 Å². The molecule has 0 amide bonds. The highest BCUT2D eigenvalue weighted by atomic mass is 19.4. The monoisotopic (exact) mass is 402 g/mol. The normalized spacial score (nSPS) is 16.8. The van der Waals surface area contributed by atoms with Crippen LogP contribution in [-0.4, -0.2) is 60.0 Å². The number of carbonyl (C=O) groups excluding carboxylic acids is 2. The molecule has 0 heterocycles. The van der Waals surface area contributed by atoms with Crippen LogP contribution in [0.5, 0.6) is 0 Å². The summed E-state index contributed by atoms with van der Waals surface area (Å²) in [6, 6.07) is 0. The van der Waals surface area contributed by atoms with Gasteiger partial charge in [0.15, 0.2) is 0 Å². The maximum atomic E-state index is 12.2. The summed E-state index contributed by atoms with van der Waals surface area (Å²) in [6.07, 6.45) is -8.33. The van der Waals surface area contributed by atoms with Crippen molar-refractivity contribution in [2.75, 3.05) is 6.61 Å². The summed E-state index contributed by atoms with van der Waals surface area (Å²) in [5.41, 5.74) is -0.768. The van der Waals surface area contributed by atoms with Crippen molar-refractivity contribution in [2.45, 2.75) is 90.6 Å². The predicted molar refractivity (Wildman–Crippen MR) is 89.0 cm³/mol. The average Bonchev–Trinajstić information content (AvgIpc) is 2.43. The van der Waals surface area contributed by atoms with E-state index in [9.17, 15) is 22.8 Å². The van der Waals surface area contributed by atoms with Gasteiger partial charge in [0, 0.05) is 12.8 Å². The lowest BCUT2D eigenvalue weighted by Crippen LogP contribution is -2.36. The van der Waals surface area contributed by atoms with Crippen molar-refractivity contribution < 1.29 is 46.8 Å². The quantitative estimate of drug-likeness (QED) is 0.560. The van der Waals surface area contributed by atoms with Crippen LogP contribution in [0.2, 0.25) is 0 Å². The van der Waals surface area contributed by atoms with Crippen LogP contribution in [0.15, 0.2) is 0 Å². The highest BCUT2D eigenvalue weighted by Crippen LogP contribution is 2.24. The highest BCUT2D eigenvalue weighted by molar-refractivity contribution is 5.75. The van der Waals surface area contributed by atoms with Gasteiger partial charge in [-0.1, -0.05) is 0 Å². The largest absolute Gasteiger partial charge is 0.508 e.